The zero-order chi connectivity index (χ0) is 11.6. The molecule has 14 heavy (non-hydrogen) atoms. The molecule has 0 heterocycles. The van der Waals surface area contributed by atoms with Gasteiger partial charge in [-0.25, -0.2) is 13.1 Å². The smallest absolute Gasteiger partial charge is 0.217 e. The molecule has 0 aliphatic rings. The Kier molecular flexibility index (Phi) is 4.30. The number of hydrogen-bond donors (Lipinski definition) is 2. The first kappa shape index (κ1) is 13.6. The second-order valence-electron chi connectivity index (χ2n) is 4.32. The zero-order valence-electron chi connectivity index (χ0n) is 9.16. The van der Waals surface area contributed by atoms with Crippen LogP contribution in [-0.4, -0.2) is 30.9 Å². The van der Waals surface area contributed by atoms with Crippen LogP contribution in [0, 0.1) is 0 Å². The first-order chi connectivity index (χ1) is 6.12. The van der Waals surface area contributed by atoms with E-state index in [2.05, 4.69) is 11.3 Å². The van der Waals surface area contributed by atoms with Gasteiger partial charge < -0.3 is 5.11 Å². The van der Waals surface area contributed by atoms with E-state index in [1.165, 1.54) is 0 Å². The Morgan fingerprint density at radius 1 is 1.50 bits per heavy atom. The monoisotopic (exact) mass is 221 g/mol. The summed E-state index contributed by atoms with van der Waals surface area (Å²) in [5.74, 6) is 0. The quantitative estimate of drug-likeness (QED) is 0.685. The van der Waals surface area contributed by atoms with Crippen LogP contribution < -0.4 is 4.72 Å². The van der Waals surface area contributed by atoms with Crippen LogP contribution in [0.5, 0.6) is 0 Å². The largest absolute Gasteiger partial charge is 0.394 e. The van der Waals surface area contributed by atoms with Crippen molar-refractivity contribution in [3.05, 3.63) is 12.2 Å². The van der Waals surface area contributed by atoms with E-state index in [4.69, 9.17) is 5.11 Å². The van der Waals surface area contributed by atoms with Gasteiger partial charge in [-0.2, -0.15) is 0 Å². The third-order valence-corrected chi connectivity index (χ3v) is 4.09. The van der Waals surface area contributed by atoms with E-state index in [9.17, 15) is 8.42 Å². The fourth-order valence-corrected chi connectivity index (χ4v) is 1.66. The molecular weight excluding hydrogens is 202 g/mol. The summed E-state index contributed by atoms with van der Waals surface area (Å²) in [4.78, 5) is 0. The highest BCUT2D eigenvalue weighted by atomic mass is 32.2. The second kappa shape index (κ2) is 4.42. The van der Waals surface area contributed by atoms with Crippen molar-refractivity contribution in [1.82, 2.24) is 4.72 Å². The van der Waals surface area contributed by atoms with Crippen LogP contribution in [0.2, 0.25) is 0 Å². The molecule has 4 nitrogen and oxygen atoms in total. The van der Waals surface area contributed by atoms with Gasteiger partial charge in [0.15, 0.2) is 0 Å². The van der Waals surface area contributed by atoms with Crippen LogP contribution in [-0.2, 0) is 10.0 Å². The summed E-state index contributed by atoms with van der Waals surface area (Å²) in [7, 11) is -3.42. The average molecular weight is 221 g/mol. The van der Waals surface area contributed by atoms with Gasteiger partial charge in [-0.3, -0.25) is 0 Å². The molecule has 2 N–H and O–H groups in total. The van der Waals surface area contributed by atoms with Crippen molar-refractivity contribution in [2.75, 3.05) is 6.61 Å². The summed E-state index contributed by atoms with van der Waals surface area (Å²) in [6.07, 6.45) is 0. The van der Waals surface area contributed by atoms with Crippen LogP contribution in [0.1, 0.15) is 27.7 Å². The molecule has 0 aromatic heterocycles. The lowest BCUT2D eigenvalue weighted by Crippen LogP contribution is -2.46. The third-order valence-electron chi connectivity index (χ3n) is 1.88. The Morgan fingerprint density at radius 3 is 2.14 bits per heavy atom. The maximum atomic E-state index is 11.7. The Balaban J connectivity index is 4.75. The molecule has 1 atom stereocenters. The van der Waals surface area contributed by atoms with Crippen LogP contribution in [0.4, 0.5) is 0 Å². The Bertz CT molecular complexity index is 301. The lowest BCUT2D eigenvalue weighted by Gasteiger charge is -2.24. The summed E-state index contributed by atoms with van der Waals surface area (Å²) in [6, 6.07) is -0.598. The number of rotatable bonds is 4. The van der Waals surface area contributed by atoms with Crippen molar-refractivity contribution < 1.29 is 13.5 Å². The molecule has 0 spiro atoms. The maximum Gasteiger partial charge on any atom is 0.217 e. The number of sulfonamides is 1. The topological polar surface area (TPSA) is 66.4 Å². The Morgan fingerprint density at radius 2 is 1.93 bits per heavy atom. The molecular formula is C9H19NO3S. The molecule has 0 saturated heterocycles. The van der Waals surface area contributed by atoms with E-state index < -0.39 is 20.8 Å². The minimum Gasteiger partial charge on any atom is -0.394 e. The summed E-state index contributed by atoms with van der Waals surface area (Å²) in [5.41, 5.74) is 0.598. The van der Waals surface area contributed by atoms with Gasteiger partial charge >= 0.3 is 0 Å². The van der Waals surface area contributed by atoms with Crippen LogP contribution in [0.3, 0.4) is 0 Å². The number of aliphatic hydroxyl groups is 1. The number of hydrogen-bond acceptors (Lipinski definition) is 3. The van der Waals surface area contributed by atoms with Crippen molar-refractivity contribution in [3.63, 3.8) is 0 Å². The van der Waals surface area contributed by atoms with Gasteiger partial charge in [0.05, 0.1) is 17.4 Å². The van der Waals surface area contributed by atoms with Crippen molar-refractivity contribution in [2.45, 2.75) is 38.5 Å². The zero-order valence-corrected chi connectivity index (χ0v) is 9.98. The average Bonchev–Trinajstić information content (AvgIpc) is 1.97. The Labute approximate surface area is 86.1 Å². The molecule has 0 fully saturated rings. The first-order valence-corrected chi connectivity index (χ1v) is 5.88. The van der Waals surface area contributed by atoms with Crippen LogP contribution in [0.25, 0.3) is 0 Å². The van der Waals surface area contributed by atoms with Gasteiger partial charge in [0.2, 0.25) is 10.0 Å². The highest BCUT2D eigenvalue weighted by Crippen LogP contribution is 2.14. The normalized spacial score (nSPS) is 15.2. The first-order valence-electron chi connectivity index (χ1n) is 4.40. The molecule has 84 valence electrons. The van der Waals surface area contributed by atoms with Crippen molar-refractivity contribution in [3.8, 4) is 0 Å². The van der Waals surface area contributed by atoms with E-state index in [0.29, 0.717) is 5.57 Å². The van der Waals surface area contributed by atoms with Gasteiger partial charge in [0, 0.05) is 0 Å². The molecule has 0 aromatic carbocycles. The van der Waals surface area contributed by atoms with Gasteiger partial charge in [-0.15, -0.1) is 0 Å². The molecule has 0 saturated carbocycles. The molecule has 0 amide bonds. The van der Waals surface area contributed by atoms with Crippen LogP contribution >= 0.6 is 0 Å². The van der Waals surface area contributed by atoms with Crippen molar-refractivity contribution in [2.24, 2.45) is 0 Å². The molecule has 0 aliphatic carbocycles. The van der Waals surface area contributed by atoms with Gasteiger partial charge in [0.1, 0.15) is 0 Å². The van der Waals surface area contributed by atoms with Crippen molar-refractivity contribution in [1.29, 1.82) is 0 Å². The summed E-state index contributed by atoms with van der Waals surface area (Å²) in [5, 5.41) is 8.94. The summed E-state index contributed by atoms with van der Waals surface area (Å²) < 4.78 is 24.9. The standard InChI is InChI=1S/C9H19NO3S/c1-7(2)8(6-11)10-14(12,13)9(3,4)5/h8,10-11H,1,6H2,2-5H3. The van der Waals surface area contributed by atoms with Gasteiger partial charge in [0.25, 0.3) is 0 Å². The molecule has 0 aliphatic heterocycles. The van der Waals surface area contributed by atoms with E-state index in [1.807, 2.05) is 0 Å². The number of nitrogens with one attached hydrogen (secondary N) is 1. The lowest BCUT2D eigenvalue weighted by molar-refractivity contribution is 0.271. The molecule has 0 bridgehead atoms. The van der Waals surface area contributed by atoms with E-state index in [-0.39, 0.29) is 6.61 Å². The second-order valence-corrected chi connectivity index (χ2v) is 6.78. The van der Waals surface area contributed by atoms with Gasteiger partial charge in [-0.1, -0.05) is 12.2 Å². The fraction of sp³-hybridized carbons (Fsp3) is 0.778. The molecule has 5 heteroatoms. The molecule has 0 rings (SSSR count). The highest BCUT2D eigenvalue weighted by Gasteiger charge is 2.31. The number of aliphatic hydroxyl groups excluding tert-OH is 1. The third kappa shape index (κ3) is 3.40. The SMILES string of the molecule is C=C(C)C(CO)NS(=O)(=O)C(C)(C)C. The predicted octanol–water partition coefficient (Wildman–Crippen LogP) is 0.641. The van der Waals surface area contributed by atoms with E-state index >= 15 is 0 Å². The Hall–Kier alpha value is -0.390. The molecule has 1 unspecified atom stereocenters. The summed E-state index contributed by atoms with van der Waals surface area (Å²) >= 11 is 0. The minimum absolute atomic E-state index is 0.273. The molecule has 0 radical (unpaired) electrons. The fourth-order valence-electron chi connectivity index (χ4n) is 0.658. The molecule has 0 aromatic rings. The predicted molar refractivity (Wildman–Crippen MR) is 57.5 cm³/mol. The van der Waals surface area contributed by atoms with E-state index in [0.717, 1.165) is 0 Å². The minimum atomic E-state index is -3.42. The van der Waals surface area contributed by atoms with E-state index in [1.54, 1.807) is 27.7 Å². The summed E-state index contributed by atoms with van der Waals surface area (Å²) in [6.45, 7) is 9.80. The van der Waals surface area contributed by atoms with Crippen molar-refractivity contribution >= 4 is 10.0 Å². The highest BCUT2D eigenvalue weighted by molar-refractivity contribution is 7.90. The van der Waals surface area contributed by atoms with Gasteiger partial charge in [-0.05, 0) is 27.7 Å². The lowest BCUT2D eigenvalue weighted by atomic mass is 10.2. The van der Waals surface area contributed by atoms with Crippen LogP contribution in [0.15, 0.2) is 12.2 Å². The maximum absolute atomic E-state index is 11.7.